The highest BCUT2D eigenvalue weighted by atomic mass is 35.5. The number of fused-ring (bicyclic) bond motifs is 1. The van der Waals surface area contributed by atoms with Gasteiger partial charge in [0.25, 0.3) is 5.56 Å². The molecule has 20 heavy (non-hydrogen) atoms. The maximum Gasteiger partial charge on any atom is 0.336 e. The van der Waals surface area contributed by atoms with Crippen molar-refractivity contribution in [1.29, 1.82) is 0 Å². The standard InChI is InChI=1S/C10H4ClFN4O3S/c11-3-1-2-4-6(15-20-14-4)7(3)16-9(18)5(12)8(17)13-10(16)19/h1-2,18H,(H,13,17,19). The zero-order chi connectivity index (χ0) is 14.4. The van der Waals surface area contributed by atoms with Crippen LogP contribution in [-0.4, -0.2) is 23.4 Å². The molecule has 1 aromatic carbocycles. The molecule has 0 fully saturated rings. The molecular formula is C10H4ClFN4O3S. The molecule has 0 aliphatic carbocycles. The molecule has 0 aliphatic heterocycles. The lowest BCUT2D eigenvalue weighted by molar-refractivity contribution is 0.386. The van der Waals surface area contributed by atoms with Gasteiger partial charge in [0.15, 0.2) is 0 Å². The molecule has 2 aromatic heterocycles. The number of aromatic hydroxyl groups is 1. The Morgan fingerprint density at radius 3 is 2.85 bits per heavy atom. The molecular weight excluding hydrogens is 311 g/mol. The summed E-state index contributed by atoms with van der Waals surface area (Å²) in [4.78, 5) is 24.6. The summed E-state index contributed by atoms with van der Waals surface area (Å²) < 4.78 is 21.9. The summed E-state index contributed by atoms with van der Waals surface area (Å²) in [5.41, 5.74) is -1.76. The van der Waals surface area contributed by atoms with Crippen LogP contribution in [0.5, 0.6) is 5.88 Å². The van der Waals surface area contributed by atoms with E-state index in [0.29, 0.717) is 10.1 Å². The molecule has 0 aliphatic rings. The summed E-state index contributed by atoms with van der Waals surface area (Å²) >= 11 is 6.85. The average molecular weight is 315 g/mol. The maximum atomic E-state index is 13.5. The van der Waals surface area contributed by atoms with Gasteiger partial charge in [0.2, 0.25) is 11.7 Å². The second kappa shape index (κ2) is 4.39. The van der Waals surface area contributed by atoms with Crippen LogP contribution in [0.4, 0.5) is 4.39 Å². The molecule has 10 heteroatoms. The van der Waals surface area contributed by atoms with Crippen LogP contribution in [0.2, 0.25) is 5.02 Å². The third-order valence-corrected chi connectivity index (χ3v) is 3.45. The number of nitrogens with one attached hydrogen (secondary N) is 1. The maximum absolute atomic E-state index is 13.5. The van der Waals surface area contributed by atoms with Gasteiger partial charge in [-0.25, -0.2) is 9.36 Å². The van der Waals surface area contributed by atoms with Gasteiger partial charge in [-0.2, -0.15) is 13.1 Å². The number of benzene rings is 1. The lowest BCUT2D eigenvalue weighted by Gasteiger charge is -2.09. The fourth-order valence-electron chi connectivity index (χ4n) is 1.74. The van der Waals surface area contributed by atoms with Gasteiger partial charge in [-0.1, -0.05) is 11.6 Å². The summed E-state index contributed by atoms with van der Waals surface area (Å²) in [6, 6.07) is 2.99. The highest BCUT2D eigenvalue weighted by Crippen LogP contribution is 2.29. The van der Waals surface area contributed by atoms with Crippen LogP contribution in [0.3, 0.4) is 0 Å². The van der Waals surface area contributed by atoms with Crippen LogP contribution in [0, 0.1) is 5.82 Å². The number of aromatic amines is 1. The summed E-state index contributed by atoms with van der Waals surface area (Å²) in [6.45, 7) is 0. The monoisotopic (exact) mass is 314 g/mol. The quantitative estimate of drug-likeness (QED) is 0.698. The van der Waals surface area contributed by atoms with Crippen molar-refractivity contribution in [2.24, 2.45) is 0 Å². The number of rotatable bonds is 1. The minimum absolute atomic E-state index is 0.0458. The van der Waals surface area contributed by atoms with Crippen molar-refractivity contribution in [2.75, 3.05) is 0 Å². The Kier molecular flexibility index (Phi) is 2.80. The van der Waals surface area contributed by atoms with E-state index >= 15 is 0 Å². The van der Waals surface area contributed by atoms with Gasteiger partial charge in [-0.15, -0.1) is 0 Å². The second-order valence-electron chi connectivity index (χ2n) is 3.76. The van der Waals surface area contributed by atoms with Gasteiger partial charge in [-0.05, 0) is 12.1 Å². The van der Waals surface area contributed by atoms with E-state index in [2.05, 4.69) is 8.75 Å². The zero-order valence-electron chi connectivity index (χ0n) is 9.42. The van der Waals surface area contributed by atoms with Gasteiger partial charge in [0.05, 0.1) is 16.8 Å². The highest BCUT2D eigenvalue weighted by molar-refractivity contribution is 7.00. The predicted octanol–water partition coefficient (Wildman–Crippen LogP) is 1.03. The van der Waals surface area contributed by atoms with Crippen molar-refractivity contribution in [3.05, 3.63) is 43.8 Å². The van der Waals surface area contributed by atoms with E-state index in [0.717, 1.165) is 11.7 Å². The first kappa shape index (κ1) is 12.8. The molecule has 0 amide bonds. The van der Waals surface area contributed by atoms with E-state index in [1.54, 1.807) is 11.1 Å². The van der Waals surface area contributed by atoms with Crippen molar-refractivity contribution in [3.63, 3.8) is 0 Å². The SMILES string of the molecule is O=c1[nH]c(=O)n(-c2c(Cl)ccc3nsnc23)c(O)c1F. The average Bonchev–Trinajstić information content (AvgIpc) is 2.87. The van der Waals surface area contributed by atoms with Crippen LogP contribution >= 0.6 is 23.3 Å². The first-order valence-electron chi connectivity index (χ1n) is 5.15. The molecule has 0 radical (unpaired) electrons. The number of H-pyrrole nitrogens is 1. The lowest BCUT2D eigenvalue weighted by Crippen LogP contribution is -2.31. The predicted molar refractivity (Wildman–Crippen MR) is 70.3 cm³/mol. The Bertz CT molecular complexity index is 948. The molecule has 0 atom stereocenters. The second-order valence-corrected chi connectivity index (χ2v) is 4.70. The summed E-state index contributed by atoms with van der Waals surface area (Å²) in [7, 11) is 0. The van der Waals surface area contributed by atoms with Gasteiger partial charge in [0, 0.05) is 0 Å². The molecule has 2 N–H and O–H groups in total. The van der Waals surface area contributed by atoms with Crippen LogP contribution in [0.25, 0.3) is 16.7 Å². The van der Waals surface area contributed by atoms with Crippen molar-refractivity contribution in [1.82, 2.24) is 18.3 Å². The number of hydrogen-bond donors (Lipinski definition) is 2. The third kappa shape index (κ3) is 1.71. The van der Waals surface area contributed by atoms with Crippen molar-refractivity contribution >= 4 is 34.4 Å². The minimum atomic E-state index is -1.49. The molecule has 7 nitrogen and oxygen atoms in total. The van der Waals surface area contributed by atoms with Crippen molar-refractivity contribution in [3.8, 4) is 11.6 Å². The normalized spacial score (nSPS) is 11.1. The first-order chi connectivity index (χ1) is 9.50. The van der Waals surface area contributed by atoms with Crippen LogP contribution < -0.4 is 11.2 Å². The van der Waals surface area contributed by atoms with E-state index in [-0.39, 0.29) is 16.2 Å². The van der Waals surface area contributed by atoms with Crippen LogP contribution in [-0.2, 0) is 0 Å². The minimum Gasteiger partial charge on any atom is -0.492 e. The van der Waals surface area contributed by atoms with Crippen LogP contribution in [0.15, 0.2) is 21.7 Å². The molecule has 0 saturated heterocycles. The van der Waals surface area contributed by atoms with Crippen molar-refractivity contribution < 1.29 is 9.50 Å². The first-order valence-corrected chi connectivity index (χ1v) is 6.26. The van der Waals surface area contributed by atoms with Gasteiger partial charge in [0.1, 0.15) is 16.7 Å². The largest absolute Gasteiger partial charge is 0.492 e. The molecule has 0 unspecified atom stereocenters. The molecule has 0 saturated carbocycles. The van der Waals surface area contributed by atoms with Crippen LogP contribution in [0.1, 0.15) is 0 Å². The molecule has 2 heterocycles. The Morgan fingerprint density at radius 1 is 1.35 bits per heavy atom. The third-order valence-electron chi connectivity index (χ3n) is 2.61. The van der Waals surface area contributed by atoms with Crippen molar-refractivity contribution in [2.45, 2.75) is 0 Å². The van der Waals surface area contributed by atoms with Gasteiger partial charge >= 0.3 is 5.69 Å². The molecule has 102 valence electrons. The van der Waals surface area contributed by atoms with Gasteiger partial charge in [-0.3, -0.25) is 9.78 Å². The number of hydrogen-bond acceptors (Lipinski definition) is 6. The fourth-order valence-corrected chi connectivity index (χ4v) is 2.51. The molecule has 3 aromatic rings. The van der Waals surface area contributed by atoms with E-state index in [1.807, 2.05) is 0 Å². The van der Waals surface area contributed by atoms with Gasteiger partial charge < -0.3 is 5.11 Å². The molecule has 0 bridgehead atoms. The van der Waals surface area contributed by atoms with E-state index in [4.69, 9.17) is 11.6 Å². The van der Waals surface area contributed by atoms with E-state index in [9.17, 15) is 19.1 Å². The van der Waals surface area contributed by atoms with E-state index < -0.39 is 22.9 Å². The Morgan fingerprint density at radius 2 is 2.10 bits per heavy atom. The topological polar surface area (TPSA) is 101 Å². The number of aromatic nitrogens is 4. The summed E-state index contributed by atoms with van der Waals surface area (Å²) in [5.74, 6) is -2.62. The summed E-state index contributed by atoms with van der Waals surface area (Å²) in [5, 5.41) is 9.75. The highest BCUT2D eigenvalue weighted by Gasteiger charge is 2.20. The smallest absolute Gasteiger partial charge is 0.336 e. The molecule has 0 spiro atoms. The molecule has 3 rings (SSSR count). The number of nitrogens with zero attached hydrogens (tertiary/aromatic N) is 3. The lowest BCUT2D eigenvalue weighted by atomic mass is 10.2. The number of halogens is 2. The summed E-state index contributed by atoms with van der Waals surface area (Å²) in [6.07, 6.45) is 0. The Balaban J connectivity index is 2.52. The Hall–Kier alpha value is -2.26. The fraction of sp³-hybridized carbons (Fsp3) is 0. The van der Waals surface area contributed by atoms with E-state index in [1.165, 1.54) is 6.07 Å². The zero-order valence-corrected chi connectivity index (χ0v) is 11.0. The Labute approximate surface area is 118 Å².